The van der Waals surface area contributed by atoms with Crippen molar-refractivity contribution in [1.29, 1.82) is 0 Å². The molecular formula is C24H28N6O2. The van der Waals surface area contributed by atoms with E-state index in [-0.39, 0.29) is 11.9 Å². The normalized spacial score (nSPS) is 13.0. The molecule has 0 saturated carbocycles. The molecule has 4 aromatic rings. The zero-order chi connectivity index (χ0) is 25.2. The van der Waals surface area contributed by atoms with Gasteiger partial charge in [0.25, 0.3) is 0 Å². The summed E-state index contributed by atoms with van der Waals surface area (Å²) >= 11 is 0. The van der Waals surface area contributed by atoms with E-state index in [1.807, 2.05) is 35.9 Å². The highest BCUT2D eigenvalue weighted by atomic mass is 16.5. The van der Waals surface area contributed by atoms with Crippen LogP contribution < -0.4 is 14.8 Å². The molecule has 0 bridgehead atoms. The number of nitrogens with zero attached hydrogens (tertiary/aromatic N) is 5. The van der Waals surface area contributed by atoms with E-state index in [2.05, 4.69) is 29.1 Å². The second kappa shape index (κ2) is 9.21. The maximum absolute atomic E-state index is 7.47. The number of ether oxygens (including phenoxy) is 2. The molecule has 0 fully saturated rings. The highest BCUT2D eigenvalue weighted by molar-refractivity contribution is 5.93. The summed E-state index contributed by atoms with van der Waals surface area (Å²) in [4.78, 5) is 13.4. The minimum Gasteiger partial charge on any atom is -0.481 e. The van der Waals surface area contributed by atoms with Crippen LogP contribution in [0.5, 0.6) is 11.8 Å². The number of methoxy groups -OCH3 is 1. The molecule has 4 heterocycles. The van der Waals surface area contributed by atoms with Crippen molar-refractivity contribution in [3.05, 3.63) is 54.0 Å². The van der Waals surface area contributed by atoms with Crippen molar-refractivity contribution in [3.63, 3.8) is 0 Å². The number of anilines is 1. The molecule has 4 rings (SSSR count). The number of hydrogen-bond acceptors (Lipinski definition) is 7. The van der Waals surface area contributed by atoms with Crippen molar-refractivity contribution in [2.75, 3.05) is 19.0 Å². The number of aryl methyl sites for hydroxylation is 1. The Labute approximate surface area is 191 Å². The van der Waals surface area contributed by atoms with Crippen LogP contribution in [0.4, 0.5) is 5.69 Å². The van der Waals surface area contributed by atoms with E-state index in [1.54, 1.807) is 25.6 Å². The summed E-state index contributed by atoms with van der Waals surface area (Å²) in [5.74, 6) is 0.760. The lowest BCUT2D eigenvalue weighted by Crippen LogP contribution is -2.08. The number of pyridine rings is 3. The van der Waals surface area contributed by atoms with Gasteiger partial charge in [-0.3, -0.25) is 4.68 Å². The van der Waals surface area contributed by atoms with Crippen LogP contribution in [0.2, 0.25) is 0 Å². The van der Waals surface area contributed by atoms with Crippen molar-refractivity contribution in [1.82, 2.24) is 24.7 Å². The second-order valence-corrected chi connectivity index (χ2v) is 7.55. The largest absolute Gasteiger partial charge is 0.481 e. The first kappa shape index (κ1) is 17.9. The smallest absolute Gasteiger partial charge is 0.222 e. The van der Waals surface area contributed by atoms with Crippen LogP contribution >= 0.6 is 0 Å². The summed E-state index contributed by atoms with van der Waals surface area (Å²) in [7, 11) is 1.59. The van der Waals surface area contributed by atoms with Crippen LogP contribution in [-0.2, 0) is 6.54 Å². The third-order valence-corrected chi connectivity index (χ3v) is 5.08. The van der Waals surface area contributed by atoms with Gasteiger partial charge in [0.1, 0.15) is 11.0 Å². The first-order valence-corrected chi connectivity index (χ1v) is 10.4. The van der Waals surface area contributed by atoms with Gasteiger partial charge in [-0.1, -0.05) is 6.07 Å². The minimum atomic E-state index is -2.24. The Morgan fingerprint density at radius 1 is 1.16 bits per heavy atom. The van der Waals surface area contributed by atoms with Crippen LogP contribution in [0.15, 0.2) is 42.7 Å². The monoisotopic (exact) mass is 435 g/mol. The molecule has 166 valence electrons. The maximum atomic E-state index is 7.47. The highest BCUT2D eigenvalue weighted by Crippen LogP contribution is 2.35. The summed E-state index contributed by atoms with van der Waals surface area (Å²) < 4.78 is 35.3. The van der Waals surface area contributed by atoms with Crippen molar-refractivity contribution in [3.8, 4) is 23.0 Å². The molecule has 0 aliphatic carbocycles. The first-order valence-electron chi connectivity index (χ1n) is 11.9. The second-order valence-electron chi connectivity index (χ2n) is 7.55. The molecule has 0 saturated heterocycles. The molecule has 0 aromatic carbocycles. The van der Waals surface area contributed by atoms with E-state index in [0.717, 1.165) is 28.0 Å². The van der Waals surface area contributed by atoms with Crippen molar-refractivity contribution < 1.29 is 13.6 Å². The Morgan fingerprint density at radius 2 is 1.94 bits per heavy atom. The van der Waals surface area contributed by atoms with E-state index in [1.165, 1.54) is 0 Å². The quantitative estimate of drug-likeness (QED) is 0.425. The SMILES string of the molecule is [2H]C([2H])([2H])COc1ncccc1-c1cc(NCc2cccnc2OC)c2c(n1)c(C)nn2C(C)C. The van der Waals surface area contributed by atoms with Gasteiger partial charge in [0, 0.05) is 34.7 Å². The zero-order valence-corrected chi connectivity index (χ0v) is 18.6. The lowest BCUT2D eigenvalue weighted by atomic mass is 10.1. The van der Waals surface area contributed by atoms with Crippen LogP contribution in [0, 0.1) is 6.92 Å². The average molecular weight is 436 g/mol. The Balaban J connectivity index is 1.82. The number of hydrogen-bond donors (Lipinski definition) is 1. The van der Waals surface area contributed by atoms with Gasteiger partial charge in [-0.15, -0.1) is 0 Å². The first-order chi connectivity index (χ1) is 16.7. The molecule has 0 aliphatic heterocycles. The van der Waals surface area contributed by atoms with Gasteiger partial charge in [0.2, 0.25) is 11.8 Å². The Hall–Kier alpha value is -3.68. The molecule has 8 nitrogen and oxygen atoms in total. The minimum absolute atomic E-state index is 0.115. The molecule has 0 amide bonds. The van der Waals surface area contributed by atoms with Crippen molar-refractivity contribution in [2.45, 2.75) is 40.2 Å². The molecule has 0 atom stereocenters. The number of rotatable bonds is 8. The lowest BCUT2D eigenvalue weighted by molar-refractivity contribution is 0.328. The molecule has 0 aliphatic rings. The molecule has 0 radical (unpaired) electrons. The van der Waals surface area contributed by atoms with E-state index in [0.29, 0.717) is 23.7 Å². The topological polar surface area (TPSA) is 87.0 Å². The third kappa shape index (κ3) is 4.08. The van der Waals surface area contributed by atoms with Gasteiger partial charge in [0.05, 0.1) is 36.4 Å². The van der Waals surface area contributed by atoms with E-state index < -0.39 is 13.5 Å². The van der Waals surface area contributed by atoms with E-state index in [4.69, 9.17) is 23.7 Å². The van der Waals surface area contributed by atoms with Gasteiger partial charge in [-0.2, -0.15) is 5.10 Å². The molecule has 0 spiro atoms. The third-order valence-electron chi connectivity index (χ3n) is 5.08. The maximum Gasteiger partial charge on any atom is 0.222 e. The van der Waals surface area contributed by atoms with Crippen LogP contribution in [-0.4, -0.2) is 38.4 Å². The molecule has 0 unspecified atom stereocenters. The fourth-order valence-electron chi connectivity index (χ4n) is 3.63. The fourth-order valence-corrected chi connectivity index (χ4v) is 3.63. The van der Waals surface area contributed by atoms with E-state index >= 15 is 0 Å². The van der Waals surface area contributed by atoms with Gasteiger partial charge < -0.3 is 14.8 Å². The van der Waals surface area contributed by atoms with Crippen molar-refractivity contribution >= 4 is 16.7 Å². The number of fused-ring (bicyclic) bond motifs is 1. The van der Waals surface area contributed by atoms with Crippen LogP contribution in [0.1, 0.15) is 42.1 Å². The summed E-state index contributed by atoms with van der Waals surface area (Å²) in [5.41, 5.74) is 5.30. The van der Waals surface area contributed by atoms with Crippen LogP contribution in [0.25, 0.3) is 22.3 Å². The zero-order valence-electron chi connectivity index (χ0n) is 21.6. The summed E-state index contributed by atoms with van der Waals surface area (Å²) in [6.45, 7) is 3.83. The summed E-state index contributed by atoms with van der Waals surface area (Å²) in [6, 6.07) is 9.41. The summed E-state index contributed by atoms with van der Waals surface area (Å²) in [5, 5.41) is 8.22. The average Bonchev–Trinajstić information content (AvgIpc) is 3.18. The van der Waals surface area contributed by atoms with Crippen LogP contribution in [0.3, 0.4) is 0 Å². The Kier molecular flexibility index (Phi) is 5.17. The number of nitrogens with one attached hydrogen (secondary N) is 1. The Morgan fingerprint density at radius 3 is 2.69 bits per heavy atom. The number of aromatic nitrogens is 5. The predicted molar refractivity (Wildman–Crippen MR) is 125 cm³/mol. The lowest BCUT2D eigenvalue weighted by Gasteiger charge is -2.15. The highest BCUT2D eigenvalue weighted by Gasteiger charge is 2.19. The fraction of sp³-hybridized carbons (Fsp3) is 0.333. The molecule has 4 aromatic heterocycles. The van der Waals surface area contributed by atoms with Gasteiger partial charge in [-0.25, -0.2) is 15.0 Å². The molecule has 8 heteroatoms. The van der Waals surface area contributed by atoms with E-state index in [9.17, 15) is 0 Å². The van der Waals surface area contributed by atoms with Gasteiger partial charge >= 0.3 is 0 Å². The Bertz CT molecular complexity index is 1340. The summed E-state index contributed by atoms with van der Waals surface area (Å²) in [6.07, 6.45) is 3.25. The van der Waals surface area contributed by atoms with Crippen molar-refractivity contribution in [2.24, 2.45) is 0 Å². The standard InChI is InChI=1S/C24H28N6O2/c1-6-32-24-18(10-8-12-26-24)19-13-20(27-14-17-9-7-11-25-23(17)31-5)22-21(28-19)16(4)29-30(22)15(2)3/h7-13,15H,6,14H2,1-5H3,(H,27,28)/i1D3. The van der Waals surface area contributed by atoms with Gasteiger partial charge in [-0.05, 0) is 51.9 Å². The molecular weight excluding hydrogens is 404 g/mol. The molecule has 1 N–H and O–H groups in total. The molecule has 32 heavy (non-hydrogen) atoms. The predicted octanol–water partition coefficient (Wildman–Crippen LogP) is 4.80. The van der Waals surface area contributed by atoms with Gasteiger partial charge in [0.15, 0.2) is 0 Å².